The number of likely N-dealkylation sites (tertiary alicyclic amines) is 1. The molecular formula is C22H24N4O3. The molecule has 1 aromatic carbocycles. The Kier molecular flexibility index (Phi) is 4.61. The first-order chi connectivity index (χ1) is 13.8. The maximum atomic E-state index is 13.4. The summed E-state index contributed by atoms with van der Waals surface area (Å²) in [6.07, 6.45) is 0.772. The monoisotopic (exact) mass is 392 g/mol. The van der Waals surface area contributed by atoms with Crippen molar-refractivity contribution in [1.29, 1.82) is 0 Å². The lowest BCUT2D eigenvalue weighted by atomic mass is 9.72. The third kappa shape index (κ3) is 3.06. The van der Waals surface area contributed by atoms with Crippen molar-refractivity contribution in [2.75, 3.05) is 13.1 Å². The Labute approximate surface area is 169 Å². The highest BCUT2D eigenvalue weighted by Crippen LogP contribution is 2.36. The zero-order chi connectivity index (χ0) is 20.8. The van der Waals surface area contributed by atoms with Crippen molar-refractivity contribution < 1.29 is 14.7 Å². The van der Waals surface area contributed by atoms with E-state index in [4.69, 9.17) is 0 Å². The molecule has 0 unspecified atom stereocenters. The molecule has 150 valence electrons. The summed E-state index contributed by atoms with van der Waals surface area (Å²) in [6.45, 7) is 4.52. The third-order valence-electron chi connectivity index (χ3n) is 5.97. The zero-order valence-corrected chi connectivity index (χ0v) is 16.8. The van der Waals surface area contributed by atoms with Crippen molar-refractivity contribution in [2.45, 2.75) is 32.1 Å². The van der Waals surface area contributed by atoms with E-state index in [9.17, 15) is 14.7 Å². The van der Waals surface area contributed by atoms with Crippen molar-refractivity contribution in [2.24, 2.45) is 7.05 Å². The highest BCUT2D eigenvalue weighted by atomic mass is 16.4. The molecule has 3 aromatic rings. The number of nitrogens with zero attached hydrogens (tertiary/aromatic N) is 4. The van der Waals surface area contributed by atoms with Crippen molar-refractivity contribution in [1.82, 2.24) is 19.7 Å². The van der Waals surface area contributed by atoms with E-state index in [1.807, 2.05) is 51.2 Å². The van der Waals surface area contributed by atoms with E-state index >= 15 is 0 Å². The van der Waals surface area contributed by atoms with Gasteiger partial charge in [0.1, 0.15) is 0 Å². The van der Waals surface area contributed by atoms with Crippen molar-refractivity contribution in [3.8, 4) is 0 Å². The third-order valence-corrected chi connectivity index (χ3v) is 5.97. The summed E-state index contributed by atoms with van der Waals surface area (Å²) < 4.78 is 1.69. The van der Waals surface area contributed by atoms with Gasteiger partial charge in [0, 0.05) is 25.8 Å². The zero-order valence-electron chi connectivity index (χ0n) is 16.8. The SMILES string of the molecule is Cc1cc(C(=O)N2CCC(C(=O)O)(c3ccccc3)CC2)c2c(C)nn(C)c2n1. The minimum atomic E-state index is -0.953. The molecule has 7 heteroatoms. The number of aryl methyl sites for hydroxylation is 3. The molecule has 0 saturated carbocycles. The molecule has 0 atom stereocenters. The Morgan fingerprint density at radius 3 is 2.38 bits per heavy atom. The number of pyridine rings is 1. The fourth-order valence-electron chi connectivity index (χ4n) is 4.38. The minimum Gasteiger partial charge on any atom is -0.481 e. The van der Waals surface area contributed by atoms with Crippen LogP contribution in [-0.2, 0) is 17.3 Å². The van der Waals surface area contributed by atoms with Crippen LogP contribution in [0.2, 0.25) is 0 Å². The number of carbonyl (C=O) groups excluding carboxylic acids is 1. The summed E-state index contributed by atoms with van der Waals surface area (Å²) >= 11 is 0. The van der Waals surface area contributed by atoms with E-state index in [1.54, 1.807) is 15.6 Å². The number of piperidine rings is 1. The summed E-state index contributed by atoms with van der Waals surface area (Å²) in [4.78, 5) is 31.8. The maximum Gasteiger partial charge on any atom is 0.314 e. The second-order valence-corrected chi connectivity index (χ2v) is 7.76. The van der Waals surface area contributed by atoms with Crippen LogP contribution in [0.3, 0.4) is 0 Å². The lowest BCUT2D eigenvalue weighted by molar-refractivity contribution is -0.145. The van der Waals surface area contributed by atoms with Crippen LogP contribution in [0.1, 0.15) is 40.2 Å². The predicted octanol–water partition coefficient (Wildman–Crippen LogP) is 2.84. The number of benzene rings is 1. The average molecular weight is 392 g/mol. The molecule has 1 N–H and O–H groups in total. The standard InChI is InChI=1S/C22H24N4O3/c1-14-13-17(18-15(2)24-25(3)19(18)23-14)20(27)26-11-9-22(10-12-26,21(28)29)16-7-5-4-6-8-16/h4-8,13H,9-12H2,1-3H3,(H,28,29). The Morgan fingerprint density at radius 2 is 1.76 bits per heavy atom. The van der Waals surface area contributed by atoms with Gasteiger partial charge < -0.3 is 10.0 Å². The minimum absolute atomic E-state index is 0.0938. The summed E-state index contributed by atoms with van der Waals surface area (Å²) in [5.41, 5.74) is 2.63. The number of fused-ring (bicyclic) bond motifs is 1. The number of aliphatic carboxylic acids is 1. The maximum absolute atomic E-state index is 13.4. The summed E-state index contributed by atoms with van der Waals surface area (Å²) in [5, 5.41) is 15.2. The van der Waals surface area contributed by atoms with Crippen molar-refractivity contribution in [3.05, 3.63) is 58.9 Å². The van der Waals surface area contributed by atoms with E-state index < -0.39 is 11.4 Å². The molecule has 0 aliphatic carbocycles. The molecule has 1 amide bonds. The molecule has 4 rings (SSSR count). The van der Waals surface area contributed by atoms with Crippen LogP contribution in [0.4, 0.5) is 0 Å². The summed E-state index contributed by atoms with van der Waals surface area (Å²) in [5.74, 6) is -0.926. The van der Waals surface area contributed by atoms with Crippen LogP contribution in [-0.4, -0.2) is 49.7 Å². The smallest absolute Gasteiger partial charge is 0.314 e. The molecule has 1 fully saturated rings. The fraction of sp³-hybridized carbons (Fsp3) is 0.364. The number of aromatic nitrogens is 3. The Morgan fingerprint density at radius 1 is 1.10 bits per heavy atom. The molecular weight excluding hydrogens is 368 g/mol. The Hall–Kier alpha value is -3.22. The molecule has 29 heavy (non-hydrogen) atoms. The highest BCUT2D eigenvalue weighted by Gasteiger charge is 2.44. The molecule has 7 nitrogen and oxygen atoms in total. The average Bonchev–Trinajstić information content (AvgIpc) is 3.01. The van der Waals surface area contributed by atoms with Gasteiger partial charge in [-0.1, -0.05) is 30.3 Å². The topological polar surface area (TPSA) is 88.3 Å². The van der Waals surface area contributed by atoms with E-state index in [0.717, 1.165) is 22.3 Å². The van der Waals surface area contributed by atoms with Gasteiger partial charge in [-0.25, -0.2) is 4.98 Å². The van der Waals surface area contributed by atoms with Gasteiger partial charge in [-0.05, 0) is 38.3 Å². The first kappa shape index (κ1) is 19.1. The molecule has 1 aliphatic heterocycles. The van der Waals surface area contributed by atoms with Crippen LogP contribution in [0.15, 0.2) is 36.4 Å². The first-order valence-electron chi connectivity index (χ1n) is 9.72. The van der Waals surface area contributed by atoms with Crippen LogP contribution in [0.5, 0.6) is 0 Å². The van der Waals surface area contributed by atoms with Gasteiger partial charge in [-0.15, -0.1) is 0 Å². The normalized spacial score (nSPS) is 16.2. The number of amides is 1. The molecule has 3 heterocycles. The largest absolute Gasteiger partial charge is 0.481 e. The lowest BCUT2D eigenvalue weighted by Crippen LogP contribution is -2.49. The molecule has 1 saturated heterocycles. The number of carbonyl (C=O) groups is 2. The van der Waals surface area contributed by atoms with E-state index in [2.05, 4.69) is 10.1 Å². The fourth-order valence-corrected chi connectivity index (χ4v) is 4.38. The van der Waals surface area contributed by atoms with Gasteiger partial charge in [0.25, 0.3) is 5.91 Å². The van der Waals surface area contributed by atoms with E-state index in [0.29, 0.717) is 37.1 Å². The van der Waals surface area contributed by atoms with Crippen LogP contribution >= 0.6 is 0 Å². The molecule has 0 bridgehead atoms. The highest BCUT2D eigenvalue weighted by molar-refractivity contribution is 6.06. The van der Waals surface area contributed by atoms with Gasteiger partial charge in [-0.2, -0.15) is 5.10 Å². The van der Waals surface area contributed by atoms with Crippen LogP contribution in [0, 0.1) is 13.8 Å². The molecule has 1 aliphatic rings. The first-order valence-corrected chi connectivity index (χ1v) is 9.72. The van der Waals surface area contributed by atoms with E-state index in [-0.39, 0.29) is 5.91 Å². The van der Waals surface area contributed by atoms with Crippen molar-refractivity contribution >= 4 is 22.9 Å². The quantitative estimate of drug-likeness (QED) is 0.740. The van der Waals surface area contributed by atoms with Gasteiger partial charge >= 0.3 is 5.97 Å². The predicted molar refractivity (Wildman–Crippen MR) is 109 cm³/mol. The van der Waals surface area contributed by atoms with E-state index in [1.165, 1.54) is 0 Å². The van der Waals surface area contributed by atoms with Gasteiger partial charge in [0.15, 0.2) is 5.65 Å². The van der Waals surface area contributed by atoms with Gasteiger partial charge in [0.05, 0.1) is 22.1 Å². The molecule has 0 radical (unpaired) electrons. The number of hydrogen-bond acceptors (Lipinski definition) is 4. The Bertz CT molecular complexity index is 1100. The van der Waals surface area contributed by atoms with Crippen molar-refractivity contribution in [3.63, 3.8) is 0 Å². The number of rotatable bonds is 3. The molecule has 0 spiro atoms. The second-order valence-electron chi connectivity index (χ2n) is 7.76. The Balaban J connectivity index is 1.65. The number of carboxylic acids is 1. The summed E-state index contributed by atoms with van der Waals surface area (Å²) in [6, 6.07) is 11.1. The number of carboxylic acid groups (broad SMARTS) is 1. The molecule has 2 aromatic heterocycles. The number of hydrogen-bond donors (Lipinski definition) is 1. The lowest BCUT2D eigenvalue weighted by Gasteiger charge is -2.39. The van der Waals surface area contributed by atoms with Gasteiger partial charge in [-0.3, -0.25) is 14.3 Å². The summed E-state index contributed by atoms with van der Waals surface area (Å²) in [7, 11) is 1.82. The van der Waals surface area contributed by atoms with Crippen LogP contribution < -0.4 is 0 Å². The van der Waals surface area contributed by atoms with Gasteiger partial charge in [0.2, 0.25) is 0 Å². The second kappa shape index (κ2) is 6.99. The van der Waals surface area contributed by atoms with Crippen LogP contribution in [0.25, 0.3) is 11.0 Å².